The lowest BCUT2D eigenvalue weighted by Crippen LogP contribution is -2.12. The van der Waals surface area contributed by atoms with Gasteiger partial charge in [0, 0.05) is 0 Å². The average Bonchev–Trinajstić information content (AvgIpc) is 2.97. The van der Waals surface area contributed by atoms with Crippen LogP contribution in [-0.2, 0) is 9.53 Å². The second-order valence-electron chi connectivity index (χ2n) is 6.75. The number of ether oxygens (including phenoxy) is 2. The molecule has 2 aromatic carbocycles. The molecule has 7 heteroatoms. The second kappa shape index (κ2) is 9.09. The van der Waals surface area contributed by atoms with Crippen molar-refractivity contribution in [2.45, 2.75) is 20.8 Å². The number of hydrogen-bond donors (Lipinski definition) is 2. The Morgan fingerprint density at radius 1 is 1.13 bits per heavy atom. The van der Waals surface area contributed by atoms with Crippen LogP contribution in [-0.4, -0.2) is 34.9 Å². The Balaban J connectivity index is 2.07. The molecule has 1 aliphatic rings. The number of methoxy groups -OCH3 is 1. The van der Waals surface area contributed by atoms with Crippen LogP contribution in [0, 0.1) is 13.8 Å². The third-order valence-corrected chi connectivity index (χ3v) is 5.33. The lowest BCUT2D eigenvalue weighted by Gasteiger charge is -2.05. The molecule has 0 bridgehead atoms. The number of esters is 1. The maximum absolute atomic E-state index is 12.5. The number of phenolic OH excluding ortho intramolecular Hbond substituents is 1. The number of aliphatic hydroxyl groups is 1. The molecule has 0 unspecified atom stereocenters. The summed E-state index contributed by atoms with van der Waals surface area (Å²) < 4.78 is 10.3. The molecule has 2 N–H and O–H groups in total. The highest BCUT2D eigenvalue weighted by atomic mass is 32.2. The van der Waals surface area contributed by atoms with Gasteiger partial charge in [0.05, 0.1) is 24.3 Å². The van der Waals surface area contributed by atoms with E-state index in [9.17, 15) is 15.0 Å². The van der Waals surface area contributed by atoms with Crippen LogP contribution in [0.3, 0.4) is 0 Å². The van der Waals surface area contributed by atoms with Crippen molar-refractivity contribution in [1.82, 2.24) is 0 Å². The lowest BCUT2D eigenvalue weighted by molar-refractivity contribution is -0.138. The van der Waals surface area contributed by atoms with Gasteiger partial charge in [0.25, 0.3) is 0 Å². The first kappa shape index (κ1) is 21.5. The highest BCUT2D eigenvalue weighted by Crippen LogP contribution is 2.41. The zero-order valence-electron chi connectivity index (χ0n) is 17.2. The number of benzene rings is 2. The molecule has 0 fully saturated rings. The number of carbonyl (C=O) groups is 1. The maximum Gasteiger partial charge on any atom is 0.344 e. The molecule has 0 amide bonds. The van der Waals surface area contributed by atoms with Gasteiger partial charge in [-0.25, -0.2) is 9.79 Å². The summed E-state index contributed by atoms with van der Waals surface area (Å²) in [7, 11) is 1.46. The Bertz CT molecular complexity index is 1060. The Hall–Kier alpha value is -3.19. The number of rotatable bonds is 5. The van der Waals surface area contributed by atoms with Crippen LogP contribution in [0.25, 0.3) is 6.08 Å². The summed E-state index contributed by atoms with van der Waals surface area (Å²) >= 11 is 1.18. The van der Waals surface area contributed by atoms with Crippen LogP contribution < -0.4 is 4.74 Å². The van der Waals surface area contributed by atoms with Gasteiger partial charge in [-0.2, -0.15) is 0 Å². The molecule has 0 radical (unpaired) electrons. The zero-order chi connectivity index (χ0) is 21.8. The van der Waals surface area contributed by atoms with Gasteiger partial charge < -0.3 is 19.7 Å². The molecule has 30 heavy (non-hydrogen) atoms. The van der Waals surface area contributed by atoms with E-state index in [-0.39, 0.29) is 23.7 Å². The van der Waals surface area contributed by atoms with Crippen molar-refractivity contribution >= 4 is 34.5 Å². The molecule has 0 saturated heterocycles. The second-order valence-corrected chi connectivity index (χ2v) is 7.78. The summed E-state index contributed by atoms with van der Waals surface area (Å²) in [6, 6.07) is 10.7. The normalized spacial score (nSPS) is 16.4. The minimum absolute atomic E-state index is 0.0165. The topological polar surface area (TPSA) is 88.4 Å². The smallest absolute Gasteiger partial charge is 0.344 e. The van der Waals surface area contributed by atoms with Crippen molar-refractivity contribution < 1.29 is 24.5 Å². The minimum Gasteiger partial charge on any atom is -0.506 e. The van der Waals surface area contributed by atoms with E-state index in [1.807, 2.05) is 32.0 Å². The number of nitrogens with zero attached hydrogens (tertiary/aromatic N) is 1. The van der Waals surface area contributed by atoms with Gasteiger partial charge in [0.1, 0.15) is 16.4 Å². The number of aliphatic hydroxyl groups excluding tert-OH is 1. The van der Waals surface area contributed by atoms with Gasteiger partial charge in [-0.1, -0.05) is 23.9 Å². The molecule has 156 valence electrons. The lowest BCUT2D eigenvalue weighted by atomic mass is 10.1. The van der Waals surface area contributed by atoms with Crippen molar-refractivity contribution in [3.8, 4) is 11.5 Å². The van der Waals surface area contributed by atoms with E-state index < -0.39 is 5.97 Å². The van der Waals surface area contributed by atoms with Gasteiger partial charge in [-0.3, -0.25) is 0 Å². The first-order chi connectivity index (χ1) is 14.3. The van der Waals surface area contributed by atoms with E-state index in [1.165, 1.54) is 24.9 Å². The summed E-state index contributed by atoms with van der Waals surface area (Å²) in [6.07, 6.45) is 1.70. The highest BCUT2D eigenvalue weighted by Gasteiger charge is 2.33. The minimum atomic E-state index is -0.627. The predicted molar refractivity (Wildman–Crippen MR) is 120 cm³/mol. The standard InChI is InChI=1S/C23H23NO5S/c1-5-29-23(27)20-21(26)19(12-15-6-7-17(25)18(11-15)28-4)30-22(20)24-16-9-13(2)8-14(3)10-16/h6-12,25-26H,5H2,1-4H3/b19-12+,24-22?. The number of phenols is 1. The van der Waals surface area contributed by atoms with E-state index in [0.29, 0.717) is 26.9 Å². The van der Waals surface area contributed by atoms with Crippen LogP contribution in [0.4, 0.5) is 5.69 Å². The molecule has 3 rings (SSSR count). The van der Waals surface area contributed by atoms with E-state index in [2.05, 4.69) is 4.99 Å². The number of carbonyl (C=O) groups excluding carboxylic acids is 1. The van der Waals surface area contributed by atoms with E-state index in [4.69, 9.17) is 9.47 Å². The van der Waals surface area contributed by atoms with Crippen molar-refractivity contribution in [1.29, 1.82) is 0 Å². The monoisotopic (exact) mass is 425 g/mol. The first-order valence-electron chi connectivity index (χ1n) is 9.37. The molecule has 0 saturated carbocycles. The van der Waals surface area contributed by atoms with Crippen molar-refractivity contribution in [2.75, 3.05) is 13.7 Å². The summed E-state index contributed by atoms with van der Waals surface area (Å²) in [5.41, 5.74) is 3.52. The molecule has 2 aromatic rings. The molecule has 1 heterocycles. The number of aromatic hydroxyl groups is 1. The van der Waals surface area contributed by atoms with Crippen LogP contribution in [0.1, 0.15) is 23.6 Å². The third kappa shape index (κ3) is 4.68. The fourth-order valence-corrected chi connectivity index (χ4v) is 4.09. The number of thioether (sulfide) groups is 1. The summed E-state index contributed by atoms with van der Waals surface area (Å²) in [5, 5.41) is 20.9. The van der Waals surface area contributed by atoms with Gasteiger partial charge >= 0.3 is 5.97 Å². The number of aryl methyl sites for hydroxylation is 2. The maximum atomic E-state index is 12.5. The van der Waals surface area contributed by atoms with E-state index in [0.717, 1.165) is 11.1 Å². The van der Waals surface area contributed by atoms with Gasteiger partial charge in [0.2, 0.25) is 0 Å². The van der Waals surface area contributed by atoms with Crippen molar-refractivity contribution in [3.63, 3.8) is 0 Å². The van der Waals surface area contributed by atoms with E-state index in [1.54, 1.807) is 25.1 Å². The quantitative estimate of drug-likeness (QED) is 0.639. The summed E-state index contributed by atoms with van der Waals surface area (Å²) in [6.45, 7) is 5.84. The van der Waals surface area contributed by atoms with Crippen LogP contribution in [0.2, 0.25) is 0 Å². The molecular weight excluding hydrogens is 402 g/mol. The fourth-order valence-electron chi connectivity index (χ4n) is 3.06. The van der Waals surface area contributed by atoms with Crippen LogP contribution in [0.15, 0.2) is 57.6 Å². The summed E-state index contributed by atoms with van der Waals surface area (Å²) in [4.78, 5) is 17.6. The number of hydrogen-bond acceptors (Lipinski definition) is 7. The zero-order valence-corrected chi connectivity index (χ0v) is 18.0. The number of aliphatic imine (C=N–C) groups is 1. The third-order valence-electron chi connectivity index (χ3n) is 4.31. The van der Waals surface area contributed by atoms with Gasteiger partial charge in [-0.05, 0) is 67.8 Å². The predicted octanol–water partition coefficient (Wildman–Crippen LogP) is 5.21. The van der Waals surface area contributed by atoms with Crippen molar-refractivity contribution in [3.05, 3.63) is 69.3 Å². The average molecular weight is 426 g/mol. The molecule has 0 aliphatic carbocycles. The Labute approximate surface area is 179 Å². The first-order valence-corrected chi connectivity index (χ1v) is 10.2. The summed E-state index contributed by atoms with van der Waals surface area (Å²) in [5.74, 6) is -0.487. The molecule has 0 atom stereocenters. The molecule has 6 nitrogen and oxygen atoms in total. The van der Waals surface area contributed by atoms with E-state index >= 15 is 0 Å². The molecule has 0 aromatic heterocycles. The van der Waals surface area contributed by atoms with Crippen LogP contribution >= 0.6 is 11.8 Å². The molecular formula is C23H23NO5S. The Morgan fingerprint density at radius 3 is 2.47 bits per heavy atom. The largest absolute Gasteiger partial charge is 0.506 e. The Morgan fingerprint density at radius 2 is 1.83 bits per heavy atom. The fraction of sp³-hybridized carbons (Fsp3) is 0.217. The highest BCUT2D eigenvalue weighted by molar-refractivity contribution is 8.18. The van der Waals surface area contributed by atoms with Gasteiger partial charge in [-0.15, -0.1) is 0 Å². The Kier molecular flexibility index (Phi) is 6.52. The van der Waals surface area contributed by atoms with Gasteiger partial charge in [0.15, 0.2) is 11.5 Å². The van der Waals surface area contributed by atoms with Crippen LogP contribution in [0.5, 0.6) is 11.5 Å². The molecule has 0 spiro atoms. The SMILES string of the molecule is CCOC(=O)C1=C(O)/C(=C\c2ccc(O)c(OC)c2)SC1=Nc1cc(C)cc(C)c1. The molecule has 1 aliphatic heterocycles. The van der Waals surface area contributed by atoms with Crippen molar-refractivity contribution in [2.24, 2.45) is 4.99 Å².